The number of nitrogens with one attached hydrogen (secondary N) is 2. The number of aromatic nitrogens is 3. The van der Waals surface area contributed by atoms with Crippen molar-refractivity contribution in [2.75, 3.05) is 49.1 Å². The van der Waals surface area contributed by atoms with Gasteiger partial charge in [-0.3, -0.25) is 0 Å². The number of aromatic hydroxyl groups is 1. The molecule has 172 valence electrons. The number of nitrogens with zero attached hydrogens (tertiary/aromatic N) is 5. The predicted octanol–water partition coefficient (Wildman–Crippen LogP) is 3.87. The minimum Gasteiger partial charge on any atom is -0.504 e. The number of anilines is 4. The maximum absolute atomic E-state index is 10.0. The SMILES string of the molecule is COc1cc(/C=N/Nc2nc(Nc3cccc(Cl)c3)nc(N3CCOCC3)n2)cc(I)c1O. The first-order valence-corrected chi connectivity index (χ1v) is 11.4. The molecule has 0 atom stereocenters. The van der Waals surface area contributed by atoms with Crippen molar-refractivity contribution in [1.29, 1.82) is 0 Å². The van der Waals surface area contributed by atoms with Gasteiger partial charge in [0.15, 0.2) is 11.5 Å². The maximum atomic E-state index is 10.0. The zero-order valence-electron chi connectivity index (χ0n) is 17.6. The van der Waals surface area contributed by atoms with Crippen LogP contribution in [0.15, 0.2) is 41.5 Å². The van der Waals surface area contributed by atoms with Crippen molar-refractivity contribution in [1.82, 2.24) is 15.0 Å². The fraction of sp³-hybridized carbons (Fsp3) is 0.238. The van der Waals surface area contributed by atoms with E-state index in [1.54, 1.807) is 30.5 Å². The number of benzene rings is 2. The van der Waals surface area contributed by atoms with Crippen LogP contribution in [0.2, 0.25) is 5.02 Å². The van der Waals surface area contributed by atoms with Gasteiger partial charge in [-0.05, 0) is 58.5 Å². The van der Waals surface area contributed by atoms with E-state index in [-0.39, 0.29) is 11.7 Å². The molecule has 2 aromatic carbocycles. The van der Waals surface area contributed by atoms with Crippen LogP contribution in [-0.2, 0) is 4.74 Å². The van der Waals surface area contributed by atoms with E-state index in [0.717, 1.165) is 11.3 Å². The third kappa shape index (κ3) is 6.12. The van der Waals surface area contributed by atoms with Gasteiger partial charge >= 0.3 is 0 Å². The first-order valence-electron chi connectivity index (χ1n) is 9.99. The summed E-state index contributed by atoms with van der Waals surface area (Å²) >= 11 is 8.12. The Hall–Kier alpha value is -2.90. The van der Waals surface area contributed by atoms with Gasteiger partial charge in [0.1, 0.15) is 0 Å². The third-order valence-electron chi connectivity index (χ3n) is 4.65. The second-order valence-electron chi connectivity index (χ2n) is 6.94. The number of hydrogen-bond donors (Lipinski definition) is 3. The van der Waals surface area contributed by atoms with Crippen LogP contribution in [0.25, 0.3) is 0 Å². The normalized spacial score (nSPS) is 13.8. The second-order valence-corrected chi connectivity index (χ2v) is 8.54. The predicted molar refractivity (Wildman–Crippen MR) is 136 cm³/mol. The van der Waals surface area contributed by atoms with E-state index in [2.05, 4.69) is 30.8 Å². The molecule has 1 fully saturated rings. The van der Waals surface area contributed by atoms with Crippen LogP contribution in [0.1, 0.15) is 5.56 Å². The van der Waals surface area contributed by atoms with Crippen LogP contribution in [-0.4, -0.2) is 59.7 Å². The van der Waals surface area contributed by atoms with Gasteiger partial charge in [-0.1, -0.05) is 17.7 Å². The summed E-state index contributed by atoms with van der Waals surface area (Å²) in [4.78, 5) is 15.5. The average molecular weight is 582 g/mol. The van der Waals surface area contributed by atoms with E-state index in [4.69, 9.17) is 21.1 Å². The van der Waals surface area contributed by atoms with Crippen molar-refractivity contribution in [3.05, 3.63) is 50.6 Å². The minimum absolute atomic E-state index is 0.0903. The number of phenolic OH excluding ortho intramolecular Hbond substituents is 1. The summed E-state index contributed by atoms with van der Waals surface area (Å²) in [5.41, 5.74) is 4.35. The van der Waals surface area contributed by atoms with Crippen LogP contribution in [0.5, 0.6) is 11.5 Å². The van der Waals surface area contributed by atoms with Gasteiger partial charge in [0.25, 0.3) is 0 Å². The summed E-state index contributed by atoms with van der Waals surface area (Å²) in [6, 6.07) is 10.7. The van der Waals surface area contributed by atoms with Crippen molar-refractivity contribution >= 4 is 63.9 Å². The van der Waals surface area contributed by atoms with E-state index in [1.807, 2.05) is 39.6 Å². The monoisotopic (exact) mass is 581 g/mol. The summed E-state index contributed by atoms with van der Waals surface area (Å²) in [7, 11) is 1.50. The van der Waals surface area contributed by atoms with E-state index in [0.29, 0.717) is 52.5 Å². The molecule has 12 heteroatoms. The number of halogens is 2. The number of phenols is 1. The smallest absolute Gasteiger partial charge is 0.250 e. The Kier molecular flexibility index (Phi) is 7.62. The van der Waals surface area contributed by atoms with Crippen LogP contribution in [0.3, 0.4) is 0 Å². The number of hydrogen-bond acceptors (Lipinski definition) is 10. The molecule has 0 radical (unpaired) electrons. The van der Waals surface area contributed by atoms with E-state index < -0.39 is 0 Å². The molecule has 0 unspecified atom stereocenters. The van der Waals surface area contributed by atoms with E-state index >= 15 is 0 Å². The highest BCUT2D eigenvalue weighted by molar-refractivity contribution is 14.1. The van der Waals surface area contributed by atoms with Gasteiger partial charge in [-0.2, -0.15) is 20.1 Å². The highest BCUT2D eigenvalue weighted by Gasteiger charge is 2.17. The highest BCUT2D eigenvalue weighted by Crippen LogP contribution is 2.31. The summed E-state index contributed by atoms with van der Waals surface area (Å²) in [5.74, 6) is 1.59. The van der Waals surface area contributed by atoms with Crippen LogP contribution in [0, 0.1) is 3.57 Å². The van der Waals surface area contributed by atoms with Gasteiger partial charge in [-0.25, -0.2) is 5.43 Å². The molecule has 0 spiro atoms. The average Bonchev–Trinajstić information content (AvgIpc) is 2.81. The van der Waals surface area contributed by atoms with E-state index in [1.165, 1.54) is 7.11 Å². The van der Waals surface area contributed by atoms with Crippen molar-refractivity contribution in [3.63, 3.8) is 0 Å². The van der Waals surface area contributed by atoms with Crippen molar-refractivity contribution in [2.45, 2.75) is 0 Å². The molecule has 1 aliphatic rings. The topological polar surface area (TPSA) is 117 Å². The number of hydrazone groups is 1. The quantitative estimate of drug-likeness (QED) is 0.217. The molecule has 0 aliphatic carbocycles. The van der Waals surface area contributed by atoms with Crippen LogP contribution < -0.4 is 20.4 Å². The molecule has 2 heterocycles. The standard InChI is InChI=1S/C21H21ClIN7O3/c1-32-17-10-13(9-16(23)18(17)31)12-24-29-20-26-19(25-15-4-2-3-14(22)11-15)27-21(28-20)30-5-7-33-8-6-30/h2-4,9-12,31H,5-8H2,1H3,(H2,25,26,27,28,29)/b24-12+. The zero-order valence-corrected chi connectivity index (χ0v) is 20.5. The summed E-state index contributed by atoms with van der Waals surface area (Å²) in [5, 5.41) is 18.0. The molecule has 33 heavy (non-hydrogen) atoms. The third-order valence-corrected chi connectivity index (χ3v) is 5.70. The zero-order chi connectivity index (χ0) is 23.2. The fourth-order valence-electron chi connectivity index (χ4n) is 3.06. The molecule has 3 N–H and O–H groups in total. The number of rotatable bonds is 7. The van der Waals surface area contributed by atoms with Crippen LogP contribution >= 0.6 is 34.2 Å². The van der Waals surface area contributed by atoms with E-state index in [9.17, 15) is 5.11 Å². The lowest BCUT2D eigenvalue weighted by Gasteiger charge is -2.27. The van der Waals surface area contributed by atoms with Gasteiger partial charge in [0.05, 0.1) is 30.1 Å². The second kappa shape index (κ2) is 10.8. The highest BCUT2D eigenvalue weighted by atomic mass is 127. The molecule has 4 rings (SSSR count). The lowest BCUT2D eigenvalue weighted by Crippen LogP contribution is -2.37. The number of methoxy groups -OCH3 is 1. The molecule has 3 aromatic rings. The minimum atomic E-state index is 0.0903. The van der Waals surface area contributed by atoms with Crippen LogP contribution in [0.4, 0.5) is 23.5 Å². The Morgan fingerprint density at radius 3 is 2.73 bits per heavy atom. The van der Waals surface area contributed by atoms with Gasteiger partial charge < -0.3 is 24.8 Å². The Balaban J connectivity index is 1.58. The molecule has 1 aromatic heterocycles. The van der Waals surface area contributed by atoms with Crippen molar-refractivity contribution in [3.8, 4) is 11.5 Å². The number of ether oxygens (including phenoxy) is 2. The Morgan fingerprint density at radius 2 is 1.97 bits per heavy atom. The molecular formula is C21H21ClIN7O3. The first kappa shape index (κ1) is 23.3. The summed E-state index contributed by atoms with van der Waals surface area (Å²) in [6.45, 7) is 2.56. The lowest BCUT2D eigenvalue weighted by atomic mass is 10.2. The van der Waals surface area contributed by atoms with Gasteiger partial charge in [-0.15, -0.1) is 0 Å². The molecule has 0 saturated carbocycles. The number of morpholine rings is 1. The Bertz CT molecular complexity index is 1160. The Labute approximate surface area is 209 Å². The maximum Gasteiger partial charge on any atom is 0.250 e. The molecule has 0 amide bonds. The first-order chi connectivity index (χ1) is 16.0. The summed E-state index contributed by atoms with van der Waals surface area (Å²) in [6.07, 6.45) is 1.59. The molecular weight excluding hydrogens is 561 g/mol. The van der Waals surface area contributed by atoms with Crippen molar-refractivity contribution < 1.29 is 14.6 Å². The van der Waals surface area contributed by atoms with Gasteiger partial charge in [0.2, 0.25) is 17.8 Å². The Morgan fingerprint density at radius 1 is 1.18 bits per heavy atom. The van der Waals surface area contributed by atoms with Crippen molar-refractivity contribution in [2.24, 2.45) is 5.10 Å². The molecule has 1 saturated heterocycles. The largest absolute Gasteiger partial charge is 0.504 e. The fourth-order valence-corrected chi connectivity index (χ4v) is 3.87. The summed E-state index contributed by atoms with van der Waals surface area (Å²) < 4.78 is 11.3. The molecule has 10 nitrogen and oxygen atoms in total. The lowest BCUT2D eigenvalue weighted by molar-refractivity contribution is 0.122. The van der Waals surface area contributed by atoms with Gasteiger partial charge in [0, 0.05) is 23.8 Å². The molecule has 0 bridgehead atoms. The molecule has 1 aliphatic heterocycles.